The number of hydrogen-bond donors (Lipinski definition) is 0. The number of carbonyl (C=O) groups is 1. The summed E-state index contributed by atoms with van der Waals surface area (Å²) >= 11 is 0. The van der Waals surface area contributed by atoms with Crippen LogP contribution < -0.4 is 0 Å². The molecular formula is C19H25NO2. The van der Waals surface area contributed by atoms with Crippen LogP contribution in [0.25, 0.3) is 0 Å². The highest BCUT2D eigenvalue weighted by Gasteiger charge is 2.43. The van der Waals surface area contributed by atoms with Crippen LogP contribution in [0, 0.1) is 5.41 Å². The van der Waals surface area contributed by atoms with Crippen molar-refractivity contribution < 1.29 is 9.53 Å². The predicted molar refractivity (Wildman–Crippen MR) is 87.3 cm³/mol. The zero-order valence-corrected chi connectivity index (χ0v) is 13.4. The third-order valence-electron chi connectivity index (χ3n) is 4.93. The minimum atomic E-state index is -0.173. The summed E-state index contributed by atoms with van der Waals surface area (Å²) in [6, 6.07) is 10.7. The summed E-state index contributed by atoms with van der Waals surface area (Å²) in [6.45, 7) is 5.78. The van der Waals surface area contributed by atoms with E-state index in [-0.39, 0.29) is 5.97 Å². The number of likely N-dealkylation sites (tertiary alicyclic amines) is 1. The van der Waals surface area contributed by atoms with Crippen molar-refractivity contribution in [3.8, 4) is 0 Å². The van der Waals surface area contributed by atoms with Crippen LogP contribution in [0.3, 0.4) is 0 Å². The molecule has 0 radical (unpaired) electrons. The SMILES string of the molecule is CCOC(=O)C=C1CCC2(CC1)CN(Cc1ccccc1)C2. The van der Waals surface area contributed by atoms with E-state index in [1.807, 2.05) is 6.92 Å². The topological polar surface area (TPSA) is 29.5 Å². The highest BCUT2D eigenvalue weighted by Crippen LogP contribution is 2.45. The molecule has 1 saturated carbocycles. The number of nitrogens with zero attached hydrogens (tertiary/aromatic N) is 1. The molecule has 1 aromatic carbocycles. The highest BCUT2D eigenvalue weighted by atomic mass is 16.5. The molecule has 0 amide bonds. The minimum Gasteiger partial charge on any atom is -0.463 e. The molecule has 118 valence electrons. The van der Waals surface area contributed by atoms with Gasteiger partial charge in [0, 0.05) is 25.7 Å². The molecule has 1 aliphatic carbocycles. The van der Waals surface area contributed by atoms with Crippen LogP contribution in [0.15, 0.2) is 42.0 Å². The van der Waals surface area contributed by atoms with Crippen molar-refractivity contribution >= 4 is 5.97 Å². The van der Waals surface area contributed by atoms with Gasteiger partial charge in [0.2, 0.25) is 0 Å². The number of esters is 1. The fourth-order valence-corrected chi connectivity index (χ4v) is 3.77. The van der Waals surface area contributed by atoms with E-state index < -0.39 is 0 Å². The Morgan fingerprint density at radius 3 is 2.55 bits per heavy atom. The van der Waals surface area contributed by atoms with Crippen molar-refractivity contribution in [1.29, 1.82) is 0 Å². The third kappa shape index (κ3) is 3.58. The first-order valence-corrected chi connectivity index (χ1v) is 8.32. The lowest BCUT2D eigenvalue weighted by Gasteiger charge is -2.53. The van der Waals surface area contributed by atoms with Gasteiger partial charge in [0.05, 0.1) is 6.61 Å². The summed E-state index contributed by atoms with van der Waals surface area (Å²) in [4.78, 5) is 14.0. The lowest BCUT2D eigenvalue weighted by molar-refractivity contribution is -0.137. The standard InChI is InChI=1S/C19H25NO2/c1-2-22-18(21)12-16-8-10-19(11-9-16)14-20(15-19)13-17-6-4-3-5-7-17/h3-7,12H,2,8-11,13-15H2,1H3. The second-order valence-corrected chi connectivity index (χ2v) is 6.69. The van der Waals surface area contributed by atoms with Crippen LogP contribution in [0.2, 0.25) is 0 Å². The van der Waals surface area contributed by atoms with E-state index in [4.69, 9.17) is 4.74 Å². The van der Waals surface area contributed by atoms with E-state index in [0.717, 1.165) is 19.4 Å². The third-order valence-corrected chi connectivity index (χ3v) is 4.93. The first-order chi connectivity index (χ1) is 10.7. The van der Waals surface area contributed by atoms with Gasteiger partial charge in [-0.1, -0.05) is 35.9 Å². The van der Waals surface area contributed by atoms with Gasteiger partial charge in [-0.3, -0.25) is 4.90 Å². The number of carbonyl (C=O) groups excluding carboxylic acids is 1. The van der Waals surface area contributed by atoms with Gasteiger partial charge >= 0.3 is 5.97 Å². The zero-order valence-electron chi connectivity index (χ0n) is 13.4. The smallest absolute Gasteiger partial charge is 0.330 e. The minimum absolute atomic E-state index is 0.173. The molecule has 1 saturated heterocycles. The van der Waals surface area contributed by atoms with E-state index in [0.29, 0.717) is 12.0 Å². The van der Waals surface area contributed by atoms with Gasteiger partial charge in [0.1, 0.15) is 0 Å². The molecule has 1 aromatic rings. The lowest BCUT2D eigenvalue weighted by Crippen LogP contribution is -2.56. The normalized spacial score (nSPS) is 20.5. The molecule has 0 bridgehead atoms. The molecule has 2 aliphatic rings. The number of rotatable bonds is 4. The molecule has 1 spiro atoms. The maximum atomic E-state index is 11.5. The van der Waals surface area contributed by atoms with Gasteiger partial charge in [0.25, 0.3) is 0 Å². The quantitative estimate of drug-likeness (QED) is 0.629. The Kier molecular flexibility index (Phi) is 4.63. The predicted octanol–water partition coefficient (Wildman–Crippen LogP) is 3.55. The van der Waals surface area contributed by atoms with Gasteiger partial charge in [-0.25, -0.2) is 4.79 Å². The van der Waals surface area contributed by atoms with Crippen LogP contribution in [0.5, 0.6) is 0 Å². The molecule has 3 heteroatoms. The summed E-state index contributed by atoms with van der Waals surface area (Å²) < 4.78 is 5.00. The Balaban J connectivity index is 1.46. The summed E-state index contributed by atoms with van der Waals surface area (Å²) in [5, 5.41) is 0. The molecule has 22 heavy (non-hydrogen) atoms. The Morgan fingerprint density at radius 1 is 1.23 bits per heavy atom. The summed E-state index contributed by atoms with van der Waals surface area (Å²) in [5.41, 5.74) is 3.17. The van der Waals surface area contributed by atoms with Gasteiger partial charge in [-0.05, 0) is 43.6 Å². The van der Waals surface area contributed by atoms with Crippen molar-refractivity contribution in [2.75, 3.05) is 19.7 Å². The van der Waals surface area contributed by atoms with Crippen LogP contribution >= 0.6 is 0 Å². The van der Waals surface area contributed by atoms with E-state index >= 15 is 0 Å². The monoisotopic (exact) mass is 299 g/mol. The van der Waals surface area contributed by atoms with E-state index in [9.17, 15) is 4.79 Å². The van der Waals surface area contributed by atoms with Crippen molar-refractivity contribution in [1.82, 2.24) is 4.90 Å². The van der Waals surface area contributed by atoms with Crippen LogP contribution in [0.1, 0.15) is 38.2 Å². The average Bonchev–Trinajstić information content (AvgIpc) is 2.49. The van der Waals surface area contributed by atoms with E-state index in [1.54, 1.807) is 6.08 Å². The maximum absolute atomic E-state index is 11.5. The zero-order chi connectivity index (χ0) is 15.4. The first kappa shape index (κ1) is 15.3. The molecule has 2 fully saturated rings. The van der Waals surface area contributed by atoms with Crippen molar-refractivity contribution in [2.45, 2.75) is 39.2 Å². The van der Waals surface area contributed by atoms with Gasteiger partial charge in [-0.15, -0.1) is 0 Å². The molecule has 0 N–H and O–H groups in total. The summed E-state index contributed by atoms with van der Waals surface area (Å²) in [7, 11) is 0. The van der Waals surface area contributed by atoms with Crippen molar-refractivity contribution in [3.63, 3.8) is 0 Å². The lowest BCUT2D eigenvalue weighted by atomic mass is 9.67. The molecule has 3 nitrogen and oxygen atoms in total. The average molecular weight is 299 g/mol. The van der Waals surface area contributed by atoms with Crippen LogP contribution in [0.4, 0.5) is 0 Å². The van der Waals surface area contributed by atoms with E-state index in [2.05, 4.69) is 35.2 Å². The summed E-state index contributed by atoms with van der Waals surface area (Å²) in [6.07, 6.45) is 6.25. The Bertz CT molecular complexity index is 532. The van der Waals surface area contributed by atoms with Crippen LogP contribution in [-0.2, 0) is 16.1 Å². The number of ether oxygens (including phenoxy) is 1. The van der Waals surface area contributed by atoms with Crippen molar-refractivity contribution in [2.24, 2.45) is 5.41 Å². The molecule has 1 heterocycles. The highest BCUT2D eigenvalue weighted by molar-refractivity contribution is 5.82. The molecular weight excluding hydrogens is 274 g/mol. The number of allylic oxidation sites excluding steroid dienone is 1. The largest absolute Gasteiger partial charge is 0.463 e. The van der Waals surface area contributed by atoms with E-state index in [1.165, 1.54) is 37.1 Å². The second-order valence-electron chi connectivity index (χ2n) is 6.69. The van der Waals surface area contributed by atoms with Gasteiger partial charge in [0.15, 0.2) is 0 Å². The fraction of sp³-hybridized carbons (Fsp3) is 0.526. The summed E-state index contributed by atoms with van der Waals surface area (Å²) in [5.74, 6) is -0.173. The maximum Gasteiger partial charge on any atom is 0.330 e. The van der Waals surface area contributed by atoms with Crippen LogP contribution in [-0.4, -0.2) is 30.6 Å². The first-order valence-electron chi connectivity index (χ1n) is 8.32. The molecule has 0 aromatic heterocycles. The number of hydrogen-bond acceptors (Lipinski definition) is 3. The Hall–Kier alpha value is -1.61. The van der Waals surface area contributed by atoms with Gasteiger partial charge < -0.3 is 4.74 Å². The molecule has 3 rings (SSSR count). The molecule has 0 unspecified atom stereocenters. The van der Waals surface area contributed by atoms with Crippen molar-refractivity contribution in [3.05, 3.63) is 47.5 Å². The molecule has 0 atom stereocenters. The Labute approximate surface area is 133 Å². The second kappa shape index (κ2) is 6.66. The number of benzene rings is 1. The fourth-order valence-electron chi connectivity index (χ4n) is 3.77. The molecule has 1 aliphatic heterocycles. The van der Waals surface area contributed by atoms with Gasteiger partial charge in [-0.2, -0.15) is 0 Å². The Morgan fingerprint density at radius 2 is 1.91 bits per heavy atom.